The van der Waals surface area contributed by atoms with E-state index in [9.17, 15) is 9.18 Å². The van der Waals surface area contributed by atoms with Crippen LogP contribution < -0.4 is 5.32 Å². The first kappa shape index (κ1) is 15.9. The second-order valence-corrected chi connectivity index (χ2v) is 7.52. The van der Waals surface area contributed by atoms with Crippen LogP contribution in [-0.4, -0.2) is 35.7 Å². The number of benzene rings is 1. The van der Waals surface area contributed by atoms with Gasteiger partial charge in [0.15, 0.2) is 0 Å². The maximum atomic E-state index is 13.2. The highest BCUT2D eigenvalue weighted by Gasteiger charge is 2.51. The van der Waals surface area contributed by atoms with Gasteiger partial charge in [-0.15, -0.1) is 0 Å². The average molecular weight is 332 g/mol. The summed E-state index contributed by atoms with van der Waals surface area (Å²) in [5, 5.41) is 2.66. The molecule has 130 valence electrons. The standard InChI is InChI=1S/C19H25FN2O2/c1-12-13-9-16(17-7-2-3-8-22(12)17)18(10-13)24-19(23)21-15-6-4-5-14(20)11-15/h4-6,11-13,16-18H,2-3,7-10H2,1H3,(H,21,23)/t12-,13+,16+,17+,18+/m0/s1. The monoisotopic (exact) mass is 332 g/mol. The fraction of sp³-hybridized carbons (Fsp3) is 0.632. The number of anilines is 1. The molecule has 1 aromatic carbocycles. The number of carbonyl (C=O) groups is 1. The molecule has 4 rings (SSSR count). The van der Waals surface area contributed by atoms with Crippen molar-refractivity contribution in [2.75, 3.05) is 11.9 Å². The lowest BCUT2D eigenvalue weighted by Gasteiger charge is -2.47. The molecule has 3 fully saturated rings. The Bertz CT molecular complexity index is 623. The zero-order valence-corrected chi connectivity index (χ0v) is 14.1. The first-order valence-corrected chi connectivity index (χ1v) is 9.11. The van der Waals surface area contributed by atoms with Crippen molar-refractivity contribution in [3.05, 3.63) is 30.1 Å². The predicted octanol–water partition coefficient (Wildman–Crippen LogP) is 4.03. The molecular formula is C19H25FN2O2. The summed E-state index contributed by atoms with van der Waals surface area (Å²) in [6, 6.07) is 7.05. The molecule has 4 nitrogen and oxygen atoms in total. The Kier molecular flexibility index (Phi) is 4.21. The van der Waals surface area contributed by atoms with E-state index in [1.165, 1.54) is 44.4 Å². The SMILES string of the molecule is C[C@H]1[C@@H]2C[C@H]([C@H]3CCCCN31)[C@H](OC(=O)Nc1cccc(F)c1)C2. The van der Waals surface area contributed by atoms with Crippen LogP contribution in [-0.2, 0) is 4.74 Å². The third-order valence-corrected chi connectivity index (χ3v) is 6.21. The van der Waals surface area contributed by atoms with Crippen LogP contribution >= 0.6 is 0 Å². The summed E-state index contributed by atoms with van der Waals surface area (Å²) in [5.41, 5.74) is 0.439. The lowest BCUT2D eigenvalue weighted by atomic mass is 9.81. The zero-order chi connectivity index (χ0) is 16.7. The van der Waals surface area contributed by atoms with Gasteiger partial charge in [0.1, 0.15) is 11.9 Å². The van der Waals surface area contributed by atoms with E-state index in [4.69, 9.17) is 4.74 Å². The van der Waals surface area contributed by atoms with Gasteiger partial charge in [0.2, 0.25) is 0 Å². The van der Waals surface area contributed by atoms with Gasteiger partial charge in [0.05, 0.1) is 0 Å². The molecular weight excluding hydrogens is 307 g/mol. The predicted molar refractivity (Wildman–Crippen MR) is 90.3 cm³/mol. The van der Waals surface area contributed by atoms with Gasteiger partial charge in [-0.3, -0.25) is 10.2 Å². The van der Waals surface area contributed by atoms with Gasteiger partial charge in [-0.1, -0.05) is 12.5 Å². The summed E-state index contributed by atoms with van der Waals surface area (Å²) in [7, 11) is 0. The minimum absolute atomic E-state index is 0.0147. The molecule has 1 saturated carbocycles. The molecule has 2 aliphatic heterocycles. The highest BCUT2D eigenvalue weighted by molar-refractivity contribution is 5.84. The fourth-order valence-corrected chi connectivity index (χ4v) is 5.07. The molecule has 5 atom stereocenters. The van der Waals surface area contributed by atoms with Gasteiger partial charge in [-0.05, 0) is 63.3 Å². The molecule has 24 heavy (non-hydrogen) atoms. The normalized spacial score (nSPS) is 35.3. The van der Waals surface area contributed by atoms with Crippen LogP contribution in [0.2, 0.25) is 0 Å². The van der Waals surface area contributed by atoms with Gasteiger partial charge < -0.3 is 4.74 Å². The highest BCUT2D eigenvalue weighted by atomic mass is 19.1. The Morgan fingerprint density at radius 3 is 3.04 bits per heavy atom. The van der Waals surface area contributed by atoms with Gasteiger partial charge >= 0.3 is 6.09 Å². The van der Waals surface area contributed by atoms with Crippen molar-refractivity contribution >= 4 is 11.8 Å². The molecule has 2 bridgehead atoms. The van der Waals surface area contributed by atoms with Gasteiger partial charge in [-0.2, -0.15) is 0 Å². The number of hydrogen-bond donors (Lipinski definition) is 1. The minimum atomic E-state index is -0.465. The minimum Gasteiger partial charge on any atom is -0.446 e. The molecule has 2 heterocycles. The van der Waals surface area contributed by atoms with Crippen LogP contribution in [0.3, 0.4) is 0 Å². The number of carbonyl (C=O) groups excluding carboxylic acids is 1. The van der Waals surface area contributed by atoms with E-state index in [0.717, 1.165) is 6.42 Å². The molecule has 0 unspecified atom stereocenters. The molecule has 0 aromatic heterocycles. The largest absolute Gasteiger partial charge is 0.446 e. The van der Waals surface area contributed by atoms with E-state index in [1.807, 2.05) is 0 Å². The first-order chi connectivity index (χ1) is 11.6. The fourth-order valence-electron chi connectivity index (χ4n) is 5.07. The van der Waals surface area contributed by atoms with Gasteiger partial charge in [0.25, 0.3) is 0 Å². The quantitative estimate of drug-likeness (QED) is 0.889. The van der Waals surface area contributed by atoms with Crippen LogP contribution in [0, 0.1) is 17.7 Å². The molecule has 5 heteroatoms. The van der Waals surface area contributed by atoms with Crippen molar-refractivity contribution in [3.8, 4) is 0 Å². The number of piperidine rings is 2. The van der Waals surface area contributed by atoms with Gasteiger partial charge in [0, 0.05) is 23.7 Å². The maximum Gasteiger partial charge on any atom is 0.411 e. The lowest BCUT2D eigenvalue weighted by Crippen LogP contribution is -2.54. The zero-order valence-electron chi connectivity index (χ0n) is 14.1. The van der Waals surface area contributed by atoms with Crippen molar-refractivity contribution in [2.45, 2.75) is 57.2 Å². The number of hydrogen-bond acceptors (Lipinski definition) is 3. The van der Waals surface area contributed by atoms with Gasteiger partial charge in [-0.25, -0.2) is 9.18 Å². The molecule has 3 aliphatic rings. The Labute approximate surface area is 142 Å². The summed E-state index contributed by atoms with van der Waals surface area (Å²) >= 11 is 0. The highest BCUT2D eigenvalue weighted by Crippen LogP contribution is 2.48. The number of ether oxygens (including phenoxy) is 1. The average Bonchev–Trinajstić information content (AvgIpc) is 2.93. The Hall–Kier alpha value is -1.62. The summed E-state index contributed by atoms with van der Waals surface area (Å²) in [4.78, 5) is 14.9. The van der Waals surface area contributed by atoms with Crippen LogP contribution in [0.15, 0.2) is 24.3 Å². The Balaban J connectivity index is 1.42. The third kappa shape index (κ3) is 2.90. The second kappa shape index (κ2) is 6.36. The number of amides is 1. The van der Waals surface area contributed by atoms with Crippen LogP contribution in [0.5, 0.6) is 0 Å². The number of rotatable bonds is 2. The van der Waals surface area contributed by atoms with Crippen molar-refractivity contribution in [1.82, 2.24) is 4.90 Å². The number of nitrogens with zero attached hydrogens (tertiary/aromatic N) is 1. The van der Waals surface area contributed by atoms with E-state index in [0.29, 0.717) is 29.6 Å². The van der Waals surface area contributed by atoms with Crippen molar-refractivity contribution in [1.29, 1.82) is 0 Å². The smallest absolute Gasteiger partial charge is 0.411 e. The van der Waals surface area contributed by atoms with Crippen LogP contribution in [0.1, 0.15) is 39.0 Å². The van der Waals surface area contributed by atoms with Crippen LogP contribution in [0.25, 0.3) is 0 Å². The summed E-state index contributed by atoms with van der Waals surface area (Å²) in [5.74, 6) is 0.706. The molecule has 0 radical (unpaired) electrons. The lowest BCUT2D eigenvalue weighted by molar-refractivity contribution is -0.00871. The molecule has 1 amide bonds. The Morgan fingerprint density at radius 2 is 2.21 bits per heavy atom. The molecule has 1 N–H and O–H groups in total. The van der Waals surface area contributed by atoms with Crippen LogP contribution in [0.4, 0.5) is 14.9 Å². The summed E-state index contributed by atoms with van der Waals surface area (Å²) in [6.07, 6.45) is 5.42. The first-order valence-electron chi connectivity index (χ1n) is 9.11. The van der Waals surface area contributed by atoms with E-state index in [1.54, 1.807) is 12.1 Å². The van der Waals surface area contributed by atoms with Crippen molar-refractivity contribution in [3.63, 3.8) is 0 Å². The maximum absolute atomic E-state index is 13.2. The molecule has 0 spiro atoms. The topological polar surface area (TPSA) is 41.6 Å². The number of halogens is 1. The molecule has 1 aromatic rings. The van der Waals surface area contributed by atoms with E-state index in [2.05, 4.69) is 17.1 Å². The van der Waals surface area contributed by atoms with E-state index < -0.39 is 6.09 Å². The summed E-state index contributed by atoms with van der Waals surface area (Å²) < 4.78 is 19.0. The molecule has 2 saturated heterocycles. The molecule has 1 aliphatic carbocycles. The van der Waals surface area contributed by atoms with Crippen molar-refractivity contribution < 1.29 is 13.9 Å². The number of fused-ring (bicyclic) bond motifs is 4. The van der Waals surface area contributed by atoms with E-state index in [-0.39, 0.29) is 11.9 Å². The van der Waals surface area contributed by atoms with Crippen molar-refractivity contribution in [2.24, 2.45) is 11.8 Å². The number of nitrogens with one attached hydrogen (secondary N) is 1. The third-order valence-electron chi connectivity index (χ3n) is 6.21. The second-order valence-electron chi connectivity index (χ2n) is 7.52. The van der Waals surface area contributed by atoms with E-state index >= 15 is 0 Å². The Morgan fingerprint density at radius 1 is 1.33 bits per heavy atom. The summed E-state index contributed by atoms with van der Waals surface area (Å²) in [6.45, 7) is 3.51.